The molecule has 0 fully saturated rings. The molecule has 172 valence electrons. The molecule has 7 nitrogen and oxygen atoms in total. The van der Waals surface area contributed by atoms with Gasteiger partial charge in [0, 0.05) is 12.1 Å². The summed E-state index contributed by atoms with van der Waals surface area (Å²) in [7, 11) is 0. The summed E-state index contributed by atoms with van der Waals surface area (Å²) < 4.78 is 18.3. The summed E-state index contributed by atoms with van der Waals surface area (Å²) in [4.78, 5) is 23.4. The van der Waals surface area contributed by atoms with Gasteiger partial charge < -0.3 is 15.0 Å². The number of alkyl halides is 1. The van der Waals surface area contributed by atoms with Crippen molar-refractivity contribution in [3.8, 4) is 0 Å². The Labute approximate surface area is 199 Å². The van der Waals surface area contributed by atoms with E-state index in [4.69, 9.17) is 22.1 Å². The molecule has 0 aliphatic carbocycles. The fraction of sp³-hybridized carbons (Fsp3) is 0.208. The zero-order valence-electron chi connectivity index (χ0n) is 17.6. The Bertz CT molecular complexity index is 1010. The number of rotatable bonds is 10. The largest absolute Gasteiger partial charge is 0.611 e. The third-order valence-electron chi connectivity index (χ3n) is 4.89. The van der Waals surface area contributed by atoms with E-state index in [1.165, 1.54) is 24.3 Å². The van der Waals surface area contributed by atoms with Crippen LogP contribution in [0, 0.1) is 10.1 Å². The quantitative estimate of drug-likeness (QED) is 0.149. The second-order valence-corrected chi connectivity index (χ2v) is 9.45. The van der Waals surface area contributed by atoms with Gasteiger partial charge in [-0.15, -0.1) is 11.6 Å². The first kappa shape index (κ1) is 24.7. The molecule has 3 atom stereocenters. The summed E-state index contributed by atoms with van der Waals surface area (Å²) in [6, 6.07) is 23.1. The zero-order valence-corrected chi connectivity index (χ0v) is 19.2. The first-order valence-corrected chi connectivity index (χ1v) is 11.9. The summed E-state index contributed by atoms with van der Waals surface area (Å²) >= 11 is 4.83. The molecule has 9 heteroatoms. The predicted octanol–water partition coefficient (Wildman–Crippen LogP) is 4.36. The highest BCUT2D eigenvalue weighted by Crippen LogP contribution is 2.27. The van der Waals surface area contributed by atoms with E-state index in [9.17, 15) is 19.5 Å². The van der Waals surface area contributed by atoms with Crippen LogP contribution in [-0.2, 0) is 20.7 Å². The van der Waals surface area contributed by atoms with Gasteiger partial charge in [-0.05, 0) is 40.9 Å². The molecular formula is C24H23ClN2O5S. The van der Waals surface area contributed by atoms with E-state index in [1.54, 1.807) is 0 Å². The third kappa shape index (κ3) is 7.03. The van der Waals surface area contributed by atoms with Gasteiger partial charge in [-0.1, -0.05) is 60.7 Å². The smallest absolute Gasteiger partial charge is 0.323 e. The van der Waals surface area contributed by atoms with Gasteiger partial charge in [0.05, 0.1) is 10.3 Å². The molecular weight excluding hydrogens is 464 g/mol. The van der Waals surface area contributed by atoms with Crippen molar-refractivity contribution in [2.45, 2.75) is 28.8 Å². The molecule has 0 aliphatic heterocycles. The average Bonchev–Trinajstić information content (AvgIpc) is 2.83. The van der Waals surface area contributed by atoms with Crippen LogP contribution in [0.1, 0.15) is 23.7 Å². The number of hydrogen-bond donors (Lipinski definition) is 1. The minimum absolute atomic E-state index is 0.0428. The van der Waals surface area contributed by atoms with E-state index in [2.05, 4.69) is 0 Å². The first-order chi connectivity index (χ1) is 15.8. The molecule has 0 saturated carbocycles. The van der Waals surface area contributed by atoms with E-state index in [0.29, 0.717) is 4.90 Å². The van der Waals surface area contributed by atoms with Crippen molar-refractivity contribution >= 4 is 34.4 Å². The molecule has 33 heavy (non-hydrogen) atoms. The van der Waals surface area contributed by atoms with Crippen molar-refractivity contribution in [2.24, 2.45) is 5.73 Å². The zero-order chi connectivity index (χ0) is 23.8. The maximum absolute atomic E-state index is 12.7. The lowest BCUT2D eigenvalue weighted by Gasteiger charge is -2.22. The van der Waals surface area contributed by atoms with E-state index in [0.717, 1.165) is 11.1 Å². The second kappa shape index (κ2) is 11.8. The third-order valence-corrected chi connectivity index (χ3v) is 6.91. The number of nitro groups is 1. The number of esters is 1. The SMILES string of the molecule is NC(CC(Cl)C[S+]([O-])c1ccc([N+](=O)[O-])cc1)C(=O)OC(c1ccccc1)c1ccccc1. The van der Waals surface area contributed by atoms with Crippen LogP contribution in [0.15, 0.2) is 89.8 Å². The molecule has 3 aromatic rings. The molecule has 2 N–H and O–H groups in total. The Morgan fingerprint density at radius 1 is 0.970 bits per heavy atom. The van der Waals surface area contributed by atoms with Gasteiger partial charge in [-0.3, -0.25) is 14.9 Å². The van der Waals surface area contributed by atoms with Crippen molar-refractivity contribution in [1.29, 1.82) is 0 Å². The van der Waals surface area contributed by atoms with E-state index >= 15 is 0 Å². The number of non-ortho nitro benzene ring substituents is 1. The average molecular weight is 487 g/mol. The molecule has 0 heterocycles. The van der Waals surface area contributed by atoms with Crippen LogP contribution in [0.3, 0.4) is 0 Å². The highest BCUT2D eigenvalue weighted by atomic mass is 35.5. The number of carbonyl (C=O) groups is 1. The number of nitrogens with two attached hydrogens (primary N) is 1. The fourth-order valence-corrected chi connectivity index (χ4v) is 4.84. The second-order valence-electron chi connectivity index (χ2n) is 7.34. The molecule has 0 amide bonds. The summed E-state index contributed by atoms with van der Waals surface area (Å²) in [5.41, 5.74) is 7.59. The van der Waals surface area contributed by atoms with Crippen molar-refractivity contribution in [3.63, 3.8) is 0 Å². The van der Waals surface area contributed by atoms with Gasteiger partial charge >= 0.3 is 5.97 Å². The van der Waals surface area contributed by atoms with Crippen LogP contribution >= 0.6 is 11.6 Å². The van der Waals surface area contributed by atoms with Gasteiger partial charge in [0.2, 0.25) is 0 Å². The topological polar surface area (TPSA) is 119 Å². The van der Waals surface area contributed by atoms with Gasteiger partial charge in [0.25, 0.3) is 5.69 Å². The monoisotopic (exact) mass is 486 g/mol. The van der Waals surface area contributed by atoms with Crippen LogP contribution in [0.25, 0.3) is 0 Å². The van der Waals surface area contributed by atoms with Gasteiger partial charge in [-0.25, -0.2) is 0 Å². The molecule has 0 aromatic heterocycles. The number of nitro benzene ring substituents is 1. The van der Waals surface area contributed by atoms with Gasteiger partial charge in [0.15, 0.2) is 11.0 Å². The van der Waals surface area contributed by atoms with E-state index < -0.39 is 39.6 Å². The standard InChI is InChI=1S/C24H23ClN2O5S/c25-19(16-33(31)21-13-11-20(12-14-21)27(29)30)15-22(26)24(28)32-23(17-7-3-1-4-8-17)18-9-5-2-6-10-18/h1-14,19,22-23H,15-16,26H2. The van der Waals surface area contributed by atoms with Crippen molar-refractivity contribution in [3.05, 3.63) is 106 Å². The normalized spacial score (nSPS) is 13.8. The van der Waals surface area contributed by atoms with Crippen LogP contribution < -0.4 is 5.73 Å². The van der Waals surface area contributed by atoms with Crippen LogP contribution in [0.5, 0.6) is 0 Å². The van der Waals surface area contributed by atoms with Crippen molar-refractivity contribution < 1.29 is 19.0 Å². The van der Waals surface area contributed by atoms with Gasteiger partial charge in [0.1, 0.15) is 11.8 Å². The highest BCUT2D eigenvalue weighted by Gasteiger charge is 2.27. The minimum atomic E-state index is -1.50. The van der Waals surface area contributed by atoms with Crippen molar-refractivity contribution in [1.82, 2.24) is 0 Å². The number of benzene rings is 3. The molecule has 0 saturated heterocycles. The number of halogens is 1. The molecule has 0 aliphatic rings. The Hall–Kier alpha value is -2.91. The summed E-state index contributed by atoms with van der Waals surface area (Å²) in [6.07, 6.45) is -0.552. The number of hydrogen-bond acceptors (Lipinski definition) is 6. The van der Waals surface area contributed by atoms with Crippen LogP contribution in [-0.4, -0.2) is 32.6 Å². The molecule has 3 aromatic carbocycles. The van der Waals surface area contributed by atoms with Crippen LogP contribution in [0.2, 0.25) is 0 Å². The maximum Gasteiger partial charge on any atom is 0.323 e. The van der Waals surface area contributed by atoms with Gasteiger partial charge in [-0.2, -0.15) is 0 Å². The Morgan fingerprint density at radius 2 is 1.48 bits per heavy atom. The number of nitrogens with zero attached hydrogens (tertiary/aromatic N) is 1. The summed E-state index contributed by atoms with van der Waals surface area (Å²) in [5.74, 6) is -0.569. The molecule has 3 unspecified atom stereocenters. The van der Waals surface area contributed by atoms with Crippen LogP contribution in [0.4, 0.5) is 5.69 Å². The number of ether oxygens (including phenoxy) is 1. The number of carbonyl (C=O) groups excluding carboxylic acids is 1. The molecule has 3 rings (SSSR count). The minimum Gasteiger partial charge on any atom is -0.611 e. The molecule has 0 spiro atoms. The van der Waals surface area contributed by atoms with E-state index in [1.807, 2.05) is 60.7 Å². The Balaban J connectivity index is 1.60. The lowest BCUT2D eigenvalue weighted by Crippen LogP contribution is -2.37. The Morgan fingerprint density at radius 3 is 1.97 bits per heavy atom. The predicted molar refractivity (Wildman–Crippen MR) is 127 cm³/mol. The van der Waals surface area contributed by atoms with E-state index in [-0.39, 0.29) is 17.9 Å². The Kier molecular flexibility index (Phi) is 8.85. The lowest BCUT2D eigenvalue weighted by atomic mass is 10.0. The highest BCUT2D eigenvalue weighted by molar-refractivity contribution is 7.91. The summed E-state index contributed by atoms with van der Waals surface area (Å²) in [5, 5.41) is 10.1. The lowest BCUT2D eigenvalue weighted by molar-refractivity contribution is -0.384. The molecule has 0 radical (unpaired) electrons. The maximum atomic E-state index is 12.7. The first-order valence-electron chi connectivity index (χ1n) is 10.2. The summed E-state index contributed by atoms with van der Waals surface area (Å²) in [6.45, 7) is 0. The van der Waals surface area contributed by atoms with Crippen molar-refractivity contribution in [2.75, 3.05) is 5.75 Å². The molecule has 0 bridgehead atoms. The fourth-order valence-electron chi connectivity index (χ4n) is 3.21.